The molecule has 0 aliphatic carbocycles. The fraction of sp³-hybridized carbons (Fsp3) is 0.333. The van der Waals surface area contributed by atoms with Gasteiger partial charge in [-0.2, -0.15) is 13.8 Å². The van der Waals surface area contributed by atoms with E-state index in [9.17, 15) is 22.0 Å². The number of aromatic nitrogens is 1. The van der Waals surface area contributed by atoms with Crippen molar-refractivity contribution in [1.29, 1.82) is 0 Å². The lowest BCUT2D eigenvalue weighted by atomic mass is 10.3. The zero-order chi connectivity index (χ0) is 15.2. The lowest BCUT2D eigenvalue weighted by Gasteiger charge is -2.19. The van der Waals surface area contributed by atoms with Gasteiger partial charge in [-0.25, -0.2) is 13.6 Å². The molecule has 11 heteroatoms. The summed E-state index contributed by atoms with van der Waals surface area (Å²) in [5.74, 6) is -3.41. The molecule has 6 nitrogen and oxygen atoms in total. The summed E-state index contributed by atoms with van der Waals surface area (Å²) in [5.41, 5.74) is -0.450. The van der Waals surface area contributed by atoms with Crippen LogP contribution >= 0.6 is 23.2 Å². The first-order valence-corrected chi connectivity index (χ1v) is 7.51. The number of pyridine rings is 1. The van der Waals surface area contributed by atoms with Gasteiger partial charge in [-0.05, 0) is 0 Å². The summed E-state index contributed by atoms with van der Waals surface area (Å²) in [6.07, 6.45) is -0.420. The van der Waals surface area contributed by atoms with Crippen LogP contribution in [0.2, 0.25) is 10.0 Å². The van der Waals surface area contributed by atoms with E-state index in [-0.39, 0.29) is 6.54 Å². The maximum absolute atomic E-state index is 13.3. The van der Waals surface area contributed by atoms with Gasteiger partial charge in [-0.15, -0.1) is 0 Å². The zero-order valence-electron chi connectivity index (χ0n) is 9.61. The molecule has 1 atom stereocenters. The van der Waals surface area contributed by atoms with Gasteiger partial charge in [0.1, 0.15) is 15.3 Å². The number of anilines is 1. The minimum absolute atomic E-state index is 0.389. The lowest BCUT2D eigenvalue weighted by Crippen LogP contribution is -2.32. The number of halogens is 4. The molecule has 1 amide bonds. The van der Waals surface area contributed by atoms with Crippen molar-refractivity contribution in [3.63, 3.8) is 0 Å². The van der Waals surface area contributed by atoms with E-state index in [1.807, 2.05) is 0 Å². The van der Waals surface area contributed by atoms with Crippen LogP contribution in [0, 0.1) is 11.9 Å². The molecule has 1 aliphatic rings. The van der Waals surface area contributed by atoms with Crippen molar-refractivity contribution in [3.8, 4) is 0 Å². The van der Waals surface area contributed by atoms with E-state index >= 15 is 0 Å². The van der Waals surface area contributed by atoms with Crippen LogP contribution in [0.5, 0.6) is 0 Å². The van der Waals surface area contributed by atoms with E-state index in [2.05, 4.69) is 4.98 Å². The molecule has 110 valence electrons. The van der Waals surface area contributed by atoms with Gasteiger partial charge < -0.3 is 4.90 Å². The van der Waals surface area contributed by atoms with Crippen molar-refractivity contribution in [2.24, 2.45) is 5.14 Å². The fourth-order valence-electron chi connectivity index (χ4n) is 1.82. The van der Waals surface area contributed by atoms with Crippen LogP contribution in [-0.2, 0) is 14.8 Å². The van der Waals surface area contributed by atoms with Crippen LogP contribution in [0.25, 0.3) is 0 Å². The fourth-order valence-corrected chi connectivity index (χ4v) is 3.08. The van der Waals surface area contributed by atoms with Crippen molar-refractivity contribution < 1.29 is 22.0 Å². The van der Waals surface area contributed by atoms with Crippen molar-refractivity contribution in [1.82, 2.24) is 4.98 Å². The number of hydrogen-bond acceptors (Lipinski definition) is 4. The maximum atomic E-state index is 13.3. The third-order valence-electron chi connectivity index (χ3n) is 2.80. The van der Waals surface area contributed by atoms with Crippen molar-refractivity contribution >= 4 is 44.8 Å². The standard InChI is InChI=1S/C9H7Cl2F2N3O3S/c10-5-7(6(11)9(13)15-8(5)12)16-2-3(1-4(16)17)20(14,18)19/h3H,1-2H2,(H2,14,18,19). The summed E-state index contributed by atoms with van der Waals surface area (Å²) in [4.78, 5) is 15.4. The topological polar surface area (TPSA) is 93.4 Å². The minimum atomic E-state index is -3.97. The number of nitrogens with zero attached hydrogens (tertiary/aromatic N) is 2. The molecule has 1 aromatic heterocycles. The third-order valence-corrected chi connectivity index (χ3v) is 4.71. The Bertz CT molecular complexity index is 672. The molecule has 0 radical (unpaired) electrons. The molecule has 1 saturated heterocycles. The quantitative estimate of drug-likeness (QED) is 0.811. The van der Waals surface area contributed by atoms with Gasteiger partial charge in [0.25, 0.3) is 0 Å². The van der Waals surface area contributed by atoms with E-state index in [4.69, 9.17) is 28.3 Å². The molecule has 20 heavy (non-hydrogen) atoms. The van der Waals surface area contributed by atoms with Crippen LogP contribution in [-0.4, -0.2) is 31.1 Å². The molecule has 0 saturated carbocycles. The van der Waals surface area contributed by atoms with Gasteiger partial charge in [-0.1, -0.05) is 23.2 Å². The molecule has 2 heterocycles. The predicted molar refractivity (Wildman–Crippen MR) is 68.0 cm³/mol. The molecular weight excluding hydrogens is 339 g/mol. The van der Waals surface area contributed by atoms with E-state index in [0.29, 0.717) is 0 Å². The Morgan fingerprint density at radius 1 is 1.25 bits per heavy atom. The molecular formula is C9H7Cl2F2N3O3S. The van der Waals surface area contributed by atoms with Crippen LogP contribution in [0.15, 0.2) is 0 Å². The number of carbonyl (C=O) groups is 1. The number of hydrogen-bond donors (Lipinski definition) is 1. The molecule has 2 N–H and O–H groups in total. The summed E-state index contributed by atoms with van der Waals surface area (Å²) in [7, 11) is -3.97. The van der Waals surface area contributed by atoms with E-state index in [1.54, 1.807) is 0 Å². The average Bonchev–Trinajstić information content (AvgIpc) is 2.69. The molecule has 0 aromatic carbocycles. The number of amides is 1. The summed E-state index contributed by atoms with van der Waals surface area (Å²) in [5, 5.41) is 2.42. The maximum Gasteiger partial charge on any atom is 0.236 e. The first-order valence-electron chi connectivity index (χ1n) is 5.15. The van der Waals surface area contributed by atoms with Gasteiger partial charge in [0.2, 0.25) is 27.8 Å². The molecule has 0 spiro atoms. The second kappa shape index (κ2) is 5.06. The highest BCUT2D eigenvalue weighted by atomic mass is 35.5. The number of primary sulfonamides is 1. The molecule has 0 bridgehead atoms. The Morgan fingerprint density at radius 3 is 2.15 bits per heavy atom. The van der Waals surface area contributed by atoms with Crippen LogP contribution in [0.4, 0.5) is 14.5 Å². The molecule has 1 fully saturated rings. The van der Waals surface area contributed by atoms with E-state index in [0.717, 1.165) is 4.90 Å². The summed E-state index contributed by atoms with van der Waals surface area (Å²) < 4.78 is 49.1. The van der Waals surface area contributed by atoms with Crippen LogP contribution < -0.4 is 10.0 Å². The van der Waals surface area contributed by atoms with Crippen molar-refractivity contribution in [3.05, 3.63) is 21.9 Å². The van der Waals surface area contributed by atoms with Crippen LogP contribution in [0.1, 0.15) is 6.42 Å². The Hall–Kier alpha value is -1.03. The number of rotatable bonds is 2. The minimum Gasteiger partial charge on any atom is -0.308 e. The van der Waals surface area contributed by atoms with Gasteiger partial charge in [0.05, 0.1) is 5.69 Å². The Labute approximate surface area is 122 Å². The van der Waals surface area contributed by atoms with Crippen molar-refractivity contribution in [2.75, 3.05) is 11.4 Å². The lowest BCUT2D eigenvalue weighted by molar-refractivity contribution is -0.117. The second-order valence-corrected chi connectivity index (χ2v) is 6.69. The van der Waals surface area contributed by atoms with Gasteiger partial charge in [-0.3, -0.25) is 4.79 Å². The Kier molecular flexibility index (Phi) is 3.89. The first-order chi connectivity index (χ1) is 9.12. The van der Waals surface area contributed by atoms with E-state index in [1.165, 1.54) is 0 Å². The first kappa shape index (κ1) is 15.4. The average molecular weight is 346 g/mol. The predicted octanol–water partition coefficient (Wildman–Crippen LogP) is 1.06. The van der Waals surface area contributed by atoms with E-state index < -0.39 is 55.2 Å². The number of carbonyl (C=O) groups excluding carboxylic acids is 1. The van der Waals surface area contributed by atoms with Crippen LogP contribution in [0.3, 0.4) is 0 Å². The Balaban J connectivity index is 2.51. The normalized spacial score (nSPS) is 19.8. The highest BCUT2D eigenvalue weighted by molar-refractivity contribution is 7.89. The summed E-state index contributed by atoms with van der Waals surface area (Å²) >= 11 is 11.2. The van der Waals surface area contributed by atoms with Gasteiger partial charge >= 0.3 is 0 Å². The van der Waals surface area contributed by atoms with Crippen molar-refractivity contribution in [2.45, 2.75) is 11.7 Å². The number of nitrogens with two attached hydrogens (primary N) is 1. The molecule has 1 unspecified atom stereocenters. The number of sulfonamides is 1. The SMILES string of the molecule is NS(=O)(=O)C1CC(=O)N(c2c(Cl)c(F)nc(F)c2Cl)C1. The monoisotopic (exact) mass is 345 g/mol. The Morgan fingerprint density at radius 2 is 1.75 bits per heavy atom. The highest BCUT2D eigenvalue weighted by Gasteiger charge is 2.39. The smallest absolute Gasteiger partial charge is 0.236 e. The van der Waals surface area contributed by atoms with Gasteiger partial charge in [0, 0.05) is 13.0 Å². The summed E-state index contributed by atoms with van der Waals surface area (Å²) in [6, 6.07) is 0. The zero-order valence-corrected chi connectivity index (χ0v) is 11.9. The van der Waals surface area contributed by atoms with Gasteiger partial charge in [0.15, 0.2) is 0 Å². The second-order valence-electron chi connectivity index (χ2n) is 4.09. The third kappa shape index (κ3) is 2.58. The molecule has 1 aromatic rings. The molecule has 1 aliphatic heterocycles. The summed E-state index contributed by atoms with van der Waals surface area (Å²) in [6.45, 7) is -0.389. The largest absolute Gasteiger partial charge is 0.308 e. The molecule has 2 rings (SSSR count). The highest BCUT2D eigenvalue weighted by Crippen LogP contribution is 2.38.